The third-order valence-electron chi connectivity index (χ3n) is 2.70. The maximum absolute atomic E-state index is 11.5. The lowest BCUT2D eigenvalue weighted by molar-refractivity contribution is -0.140. The molecule has 1 rings (SSSR count). The highest BCUT2D eigenvalue weighted by Crippen LogP contribution is 1.95. The molecule has 1 aromatic heterocycles. The number of aliphatic carboxylic acids is 1. The quantitative estimate of drug-likeness (QED) is 0.446. The number of unbranched alkanes of at least 4 members (excludes halogenated alkanes) is 1. The molecule has 0 fully saturated rings. The van der Waals surface area contributed by atoms with Crippen molar-refractivity contribution >= 4 is 17.9 Å². The molecular weight excluding hydrogens is 278 g/mol. The predicted molar refractivity (Wildman–Crippen MR) is 73.2 cm³/mol. The number of imidazole rings is 1. The van der Waals surface area contributed by atoms with Gasteiger partial charge in [-0.3, -0.25) is 4.79 Å². The number of carboxylic acids is 1. The Bertz CT molecular complexity index is 474. The molecule has 116 valence electrons. The number of hydrogen-bond acceptors (Lipinski definition) is 4. The lowest BCUT2D eigenvalue weighted by Crippen LogP contribution is -2.47. The highest BCUT2D eigenvalue weighted by Gasteiger charge is 2.21. The Morgan fingerprint density at radius 2 is 2.10 bits per heavy atom. The van der Waals surface area contributed by atoms with E-state index in [2.05, 4.69) is 15.6 Å². The molecule has 0 bridgehead atoms. The van der Waals surface area contributed by atoms with Gasteiger partial charge >= 0.3 is 12.0 Å². The van der Waals surface area contributed by atoms with E-state index in [1.165, 1.54) is 0 Å². The standard InChI is InChI=1S/C12H19N5O4/c13-10(18)7-9(11(19)20)16-12(21)15-3-1-2-5-17-6-4-14-8-17/h4,6,8-9H,1-3,5,7H2,(H2,13,18)(H,19,20)(H2,15,16,21)/t9-/m0/s1. The number of carbonyl (C=O) groups is 3. The second-order valence-electron chi connectivity index (χ2n) is 4.47. The topological polar surface area (TPSA) is 139 Å². The molecule has 21 heavy (non-hydrogen) atoms. The Balaban J connectivity index is 2.17. The van der Waals surface area contributed by atoms with Crippen molar-refractivity contribution in [2.45, 2.75) is 31.8 Å². The van der Waals surface area contributed by atoms with Gasteiger partial charge in [0.05, 0.1) is 12.7 Å². The SMILES string of the molecule is NC(=O)C[C@H](NC(=O)NCCCCn1ccnc1)C(=O)O. The van der Waals surface area contributed by atoms with Crippen molar-refractivity contribution in [3.63, 3.8) is 0 Å². The monoisotopic (exact) mass is 297 g/mol. The van der Waals surface area contributed by atoms with E-state index in [-0.39, 0.29) is 0 Å². The molecule has 1 aromatic rings. The average Bonchev–Trinajstić information content (AvgIpc) is 2.90. The number of nitrogens with zero attached hydrogens (tertiary/aromatic N) is 2. The summed E-state index contributed by atoms with van der Waals surface area (Å²) in [6.45, 7) is 1.20. The summed E-state index contributed by atoms with van der Waals surface area (Å²) in [6, 6.07) is -1.94. The summed E-state index contributed by atoms with van der Waals surface area (Å²) in [5, 5.41) is 13.5. The zero-order valence-electron chi connectivity index (χ0n) is 11.5. The maximum Gasteiger partial charge on any atom is 0.326 e. The minimum Gasteiger partial charge on any atom is -0.480 e. The first-order valence-corrected chi connectivity index (χ1v) is 6.50. The van der Waals surface area contributed by atoms with Gasteiger partial charge in [0.25, 0.3) is 0 Å². The number of nitrogens with two attached hydrogens (primary N) is 1. The summed E-state index contributed by atoms with van der Waals surface area (Å²) in [7, 11) is 0. The molecule has 0 saturated heterocycles. The number of urea groups is 1. The van der Waals surface area contributed by atoms with Crippen LogP contribution < -0.4 is 16.4 Å². The van der Waals surface area contributed by atoms with Crippen molar-refractivity contribution in [1.29, 1.82) is 0 Å². The smallest absolute Gasteiger partial charge is 0.326 e. The molecule has 1 atom stereocenters. The summed E-state index contributed by atoms with van der Waals surface area (Å²) in [4.78, 5) is 36.9. The van der Waals surface area contributed by atoms with Gasteiger partial charge in [-0.15, -0.1) is 0 Å². The van der Waals surface area contributed by atoms with Gasteiger partial charge in [-0.2, -0.15) is 0 Å². The van der Waals surface area contributed by atoms with E-state index in [0.29, 0.717) is 6.54 Å². The van der Waals surface area contributed by atoms with Crippen molar-refractivity contribution in [3.8, 4) is 0 Å². The number of rotatable bonds is 9. The first-order valence-electron chi connectivity index (χ1n) is 6.50. The summed E-state index contributed by atoms with van der Waals surface area (Å²) < 4.78 is 1.92. The summed E-state index contributed by atoms with van der Waals surface area (Å²) in [5.74, 6) is -2.09. The zero-order valence-corrected chi connectivity index (χ0v) is 11.5. The number of primary amides is 1. The predicted octanol–water partition coefficient (Wildman–Crippen LogP) is -0.709. The van der Waals surface area contributed by atoms with Crippen LogP contribution in [0.1, 0.15) is 19.3 Å². The van der Waals surface area contributed by atoms with Crippen LogP contribution >= 0.6 is 0 Å². The normalized spacial score (nSPS) is 11.6. The number of carbonyl (C=O) groups excluding carboxylic acids is 2. The molecule has 0 unspecified atom stereocenters. The minimum atomic E-state index is -1.31. The highest BCUT2D eigenvalue weighted by molar-refractivity contribution is 5.87. The van der Waals surface area contributed by atoms with E-state index < -0.39 is 30.4 Å². The van der Waals surface area contributed by atoms with Crippen LogP contribution in [0, 0.1) is 0 Å². The average molecular weight is 297 g/mol. The number of amides is 3. The molecule has 0 aromatic carbocycles. The van der Waals surface area contributed by atoms with E-state index >= 15 is 0 Å². The van der Waals surface area contributed by atoms with Gasteiger partial charge in [0.1, 0.15) is 6.04 Å². The Morgan fingerprint density at radius 3 is 2.67 bits per heavy atom. The summed E-state index contributed by atoms with van der Waals surface area (Å²) >= 11 is 0. The van der Waals surface area contributed by atoms with Crippen molar-refractivity contribution in [1.82, 2.24) is 20.2 Å². The number of carboxylic acid groups (broad SMARTS) is 1. The van der Waals surface area contributed by atoms with Gasteiger partial charge < -0.3 is 26.0 Å². The molecule has 9 heteroatoms. The van der Waals surface area contributed by atoms with Crippen LogP contribution in [0.15, 0.2) is 18.7 Å². The van der Waals surface area contributed by atoms with Crippen LogP contribution in [0.25, 0.3) is 0 Å². The molecule has 0 aliphatic rings. The molecule has 5 N–H and O–H groups in total. The van der Waals surface area contributed by atoms with Crippen molar-refractivity contribution in [2.24, 2.45) is 5.73 Å². The summed E-state index contributed by atoms with van der Waals surface area (Å²) in [5.41, 5.74) is 4.91. The molecule has 0 radical (unpaired) electrons. The molecule has 1 heterocycles. The highest BCUT2D eigenvalue weighted by atomic mass is 16.4. The van der Waals surface area contributed by atoms with E-state index in [0.717, 1.165) is 19.4 Å². The summed E-state index contributed by atoms with van der Waals surface area (Å²) in [6.07, 6.45) is 6.39. The fourth-order valence-electron chi connectivity index (χ4n) is 1.65. The molecule has 0 aliphatic heterocycles. The van der Waals surface area contributed by atoms with Gasteiger partial charge in [0.15, 0.2) is 0 Å². The van der Waals surface area contributed by atoms with Gasteiger partial charge in [0, 0.05) is 25.5 Å². The van der Waals surface area contributed by atoms with Crippen molar-refractivity contribution < 1.29 is 19.5 Å². The number of hydrogen-bond donors (Lipinski definition) is 4. The fraction of sp³-hybridized carbons (Fsp3) is 0.500. The van der Waals surface area contributed by atoms with Gasteiger partial charge in [-0.05, 0) is 12.8 Å². The van der Waals surface area contributed by atoms with E-state index in [1.807, 2.05) is 10.8 Å². The Labute approximate surface area is 121 Å². The van der Waals surface area contributed by atoms with Crippen LogP contribution in [0.4, 0.5) is 4.79 Å². The molecule has 0 spiro atoms. The second-order valence-corrected chi connectivity index (χ2v) is 4.47. The van der Waals surface area contributed by atoms with Crippen LogP contribution in [0.3, 0.4) is 0 Å². The van der Waals surface area contributed by atoms with Gasteiger partial charge in [-0.25, -0.2) is 14.6 Å². The molecule has 3 amide bonds. The van der Waals surface area contributed by atoms with E-state index in [9.17, 15) is 14.4 Å². The second kappa shape index (κ2) is 8.56. The molecule has 9 nitrogen and oxygen atoms in total. The first kappa shape index (κ1) is 16.5. The van der Waals surface area contributed by atoms with E-state index in [4.69, 9.17) is 10.8 Å². The number of nitrogens with one attached hydrogen (secondary N) is 2. The van der Waals surface area contributed by atoms with Gasteiger partial charge in [-0.1, -0.05) is 0 Å². The first-order chi connectivity index (χ1) is 9.99. The third-order valence-corrected chi connectivity index (χ3v) is 2.70. The Morgan fingerprint density at radius 1 is 1.33 bits per heavy atom. The van der Waals surface area contributed by atoms with Crippen molar-refractivity contribution in [2.75, 3.05) is 6.54 Å². The lowest BCUT2D eigenvalue weighted by atomic mass is 10.2. The third kappa shape index (κ3) is 6.95. The molecular formula is C12H19N5O4. The maximum atomic E-state index is 11.5. The Kier molecular flexibility index (Phi) is 6.72. The molecule has 0 aliphatic carbocycles. The minimum absolute atomic E-state index is 0.406. The number of aromatic nitrogens is 2. The number of aryl methyl sites for hydroxylation is 1. The van der Waals surface area contributed by atoms with Crippen molar-refractivity contribution in [3.05, 3.63) is 18.7 Å². The largest absolute Gasteiger partial charge is 0.480 e. The fourth-order valence-corrected chi connectivity index (χ4v) is 1.65. The van der Waals surface area contributed by atoms with Crippen LogP contribution in [-0.4, -0.2) is 45.2 Å². The van der Waals surface area contributed by atoms with Crippen LogP contribution in [-0.2, 0) is 16.1 Å². The molecule has 0 saturated carbocycles. The van der Waals surface area contributed by atoms with Crippen LogP contribution in [0.5, 0.6) is 0 Å². The Hall–Kier alpha value is -2.58. The van der Waals surface area contributed by atoms with E-state index in [1.54, 1.807) is 12.5 Å². The van der Waals surface area contributed by atoms with Crippen LogP contribution in [0.2, 0.25) is 0 Å². The van der Waals surface area contributed by atoms with Gasteiger partial charge in [0.2, 0.25) is 5.91 Å². The zero-order chi connectivity index (χ0) is 15.7. The lowest BCUT2D eigenvalue weighted by Gasteiger charge is -2.13.